The highest BCUT2D eigenvalue weighted by molar-refractivity contribution is 5.88. The third-order valence-corrected chi connectivity index (χ3v) is 2.84. The molecule has 104 valence electrons. The van der Waals surface area contributed by atoms with E-state index in [9.17, 15) is 4.79 Å². The highest BCUT2D eigenvalue weighted by Gasteiger charge is 2.31. The van der Waals surface area contributed by atoms with E-state index in [0.717, 1.165) is 19.3 Å². The second-order valence-corrected chi connectivity index (χ2v) is 5.56. The van der Waals surface area contributed by atoms with Crippen LogP contribution in [0.25, 0.3) is 0 Å². The maximum absolute atomic E-state index is 12.1. The topological polar surface area (TPSA) is 88.2 Å². The Labute approximate surface area is 108 Å². The quantitative estimate of drug-likeness (QED) is 0.325. The number of likely N-dealkylation sites (tertiary alicyclic amines) is 1. The lowest BCUT2D eigenvalue weighted by Crippen LogP contribution is -2.49. The lowest BCUT2D eigenvalue weighted by atomic mass is 10.1. The third kappa shape index (κ3) is 4.09. The minimum absolute atomic E-state index is 0.0720. The van der Waals surface area contributed by atoms with Crippen molar-refractivity contribution >= 4 is 11.9 Å². The lowest BCUT2D eigenvalue weighted by Gasteiger charge is -2.31. The molecule has 0 spiro atoms. The zero-order chi connectivity index (χ0) is 13.8. The maximum Gasteiger partial charge on any atom is 0.410 e. The summed E-state index contributed by atoms with van der Waals surface area (Å²) in [4.78, 5) is 13.7. The first kappa shape index (κ1) is 14.6. The van der Waals surface area contributed by atoms with E-state index in [-0.39, 0.29) is 11.9 Å². The standard InChI is InChI=1S/C12H23N3O3/c1-12(2,3)18-11(16)15-8-6-4-5-7-9(15)10(13)14-17/h9,17H,4-8H2,1-3H3,(H2,13,14)/t9-/m0/s1. The Kier molecular flexibility index (Phi) is 4.81. The lowest BCUT2D eigenvalue weighted by molar-refractivity contribution is 0.0216. The molecule has 1 heterocycles. The van der Waals surface area contributed by atoms with Crippen LogP contribution in [-0.4, -0.2) is 40.2 Å². The van der Waals surface area contributed by atoms with Gasteiger partial charge in [0.1, 0.15) is 5.60 Å². The highest BCUT2D eigenvalue weighted by atomic mass is 16.6. The van der Waals surface area contributed by atoms with Gasteiger partial charge in [-0.05, 0) is 33.6 Å². The van der Waals surface area contributed by atoms with Gasteiger partial charge in [0.2, 0.25) is 0 Å². The molecule has 1 saturated heterocycles. The van der Waals surface area contributed by atoms with Gasteiger partial charge in [-0.1, -0.05) is 18.0 Å². The van der Waals surface area contributed by atoms with E-state index >= 15 is 0 Å². The van der Waals surface area contributed by atoms with Gasteiger partial charge in [0.15, 0.2) is 5.84 Å². The van der Waals surface area contributed by atoms with E-state index in [1.165, 1.54) is 0 Å². The Bertz CT molecular complexity index is 323. The molecule has 0 bridgehead atoms. The van der Waals surface area contributed by atoms with Crippen molar-refractivity contribution in [1.29, 1.82) is 0 Å². The first-order chi connectivity index (χ1) is 8.35. The minimum atomic E-state index is -0.543. The van der Waals surface area contributed by atoms with Crippen LogP contribution in [0.1, 0.15) is 46.5 Å². The van der Waals surface area contributed by atoms with Crippen molar-refractivity contribution in [3.63, 3.8) is 0 Å². The molecule has 1 fully saturated rings. The predicted molar refractivity (Wildman–Crippen MR) is 68.6 cm³/mol. The van der Waals surface area contributed by atoms with Crippen LogP contribution < -0.4 is 5.73 Å². The molecule has 1 aliphatic rings. The van der Waals surface area contributed by atoms with Gasteiger partial charge in [0.05, 0.1) is 6.04 Å². The molecule has 6 heteroatoms. The van der Waals surface area contributed by atoms with Crippen molar-refractivity contribution in [2.45, 2.75) is 58.1 Å². The molecule has 0 aliphatic carbocycles. The SMILES string of the molecule is CC(C)(C)OC(=O)N1CCCCC[C@H]1/C(N)=N\O. The van der Waals surface area contributed by atoms with E-state index in [0.29, 0.717) is 13.0 Å². The number of hydrogen-bond donors (Lipinski definition) is 2. The van der Waals surface area contributed by atoms with E-state index in [1.54, 1.807) is 4.90 Å². The van der Waals surface area contributed by atoms with Crippen LogP contribution in [-0.2, 0) is 4.74 Å². The summed E-state index contributed by atoms with van der Waals surface area (Å²) in [6.07, 6.45) is 3.21. The summed E-state index contributed by atoms with van der Waals surface area (Å²) in [5.41, 5.74) is 5.12. The molecule has 1 aliphatic heterocycles. The summed E-state index contributed by atoms with van der Waals surface area (Å²) >= 11 is 0. The number of oxime groups is 1. The van der Waals surface area contributed by atoms with Crippen LogP contribution in [0, 0.1) is 0 Å². The molecule has 0 aromatic carbocycles. The largest absolute Gasteiger partial charge is 0.444 e. The van der Waals surface area contributed by atoms with Crippen LogP contribution in [0.2, 0.25) is 0 Å². The number of rotatable bonds is 1. The normalized spacial score (nSPS) is 22.5. The van der Waals surface area contributed by atoms with Gasteiger partial charge in [-0.2, -0.15) is 0 Å². The summed E-state index contributed by atoms with van der Waals surface area (Å²) in [5, 5.41) is 11.8. The summed E-state index contributed by atoms with van der Waals surface area (Å²) in [6.45, 7) is 6.04. The number of hydrogen-bond acceptors (Lipinski definition) is 4. The molecule has 1 amide bonds. The first-order valence-corrected chi connectivity index (χ1v) is 6.32. The number of carbonyl (C=O) groups is 1. The maximum atomic E-state index is 12.1. The van der Waals surface area contributed by atoms with Gasteiger partial charge in [-0.15, -0.1) is 0 Å². The Hall–Kier alpha value is -1.46. The van der Waals surface area contributed by atoms with Crippen molar-refractivity contribution in [3.8, 4) is 0 Å². The van der Waals surface area contributed by atoms with Gasteiger partial charge >= 0.3 is 6.09 Å². The van der Waals surface area contributed by atoms with Crippen LogP contribution >= 0.6 is 0 Å². The molecule has 0 unspecified atom stereocenters. The van der Waals surface area contributed by atoms with Gasteiger partial charge in [0, 0.05) is 6.54 Å². The zero-order valence-corrected chi connectivity index (χ0v) is 11.3. The summed E-state index contributed by atoms with van der Waals surface area (Å²) < 4.78 is 5.35. The number of ether oxygens (including phenoxy) is 1. The Balaban J connectivity index is 2.82. The van der Waals surface area contributed by atoms with E-state index in [4.69, 9.17) is 15.7 Å². The van der Waals surface area contributed by atoms with Crippen LogP contribution in [0.3, 0.4) is 0 Å². The predicted octanol–water partition coefficient (Wildman–Crippen LogP) is 1.91. The van der Waals surface area contributed by atoms with Crippen LogP contribution in [0.15, 0.2) is 5.16 Å². The summed E-state index contributed by atoms with van der Waals surface area (Å²) in [7, 11) is 0. The molecular weight excluding hydrogens is 234 g/mol. The van der Waals surface area contributed by atoms with Gasteiger partial charge in [-0.3, -0.25) is 4.90 Å². The average molecular weight is 257 g/mol. The second-order valence-electron chi connectivity index (χ2n) is 5.56. The number of carbonyl (C=O) groups excluding carboxylic acids is 1. The van der Waals surface area contributed by atoms with E-state index in [2.05, 4.69) is 5.16 Å². The fourth-order valence-electron chi connectivity index (χ4n) is 2.02. The van der Waals surface area contributed by atoms with Gasteiger partial charge < -0.3 is 15.7 Å². The van der Waals surface area contributed by atoms with Crippen molar-refractivity contribution in [2.24, 2.45) is 10.9 Å². The number of nitrogens with two attached hydrogens (primary N) is 1. The molecule has 0 aromatic rings. The Morgan fingerprint density at radius 1 is 1.39 bits per heavy atom. The minimum Gasteiger partial charge on any atom is -0.444 e. The highest BCUT2D eigenvalue weighted by Crippen LogP contribution is 2.20. The number of amidine groups is 1. The average Bonchev–Trinajstić information content (AvgIpc) is 2.50. The van der Waals surface area contributed by atoms with Crippen LogP contribution in [0.4, 0.5) is 4.79 Å². The van der Waals surface area contributed by atoms with Gasteiger partial charge in [-0.25, -0.2) is 4.79 Å². The molecule has 1 rings (SSSR count). The van der Waals surface area contributed by atoms with Crippen molar-refractivity contribution in [2.75, 3.05) is 6.54 Å². The van der Waals surface area contributed by atoms with Crippen molar-refractivity contribution < 1.29 is 14.7 Å². The first-order valence-electron chi connectivity index (χ1n) is 6.32. The second kappa shape index (κ2) is 5.93. The molecule has 0 aromatic heterocycles. The Morgan fingerprint density at radius 2 is 2.06 bits per heavy atom. The fraction of sp³-hybridized carbons (Fsp3) is 0.833. The van der Waals surface area contributed by atoms with Crippen LogP contribution in [0.5, 0.6) is 0 Å². The molecule has 3 N–H and O–H groups in total. The van der Waals surface area contributed by atoms with Gasteiger partial charge in [0.25, 0.3) is 0 Å². The molecular formula is C12H23N3O3. The summed E-state index contributed by atoms with van der Waals surface area (Å²) in [6, 6.07) is -0.368. The number of amides is 1. The Morgan fingerprint density at radius 3 is 2.61 bits per heavy atom. The zero-order valence-electron chi connectivity index (χ0n) is 11.3. The number of nitrogens with zero attached hydrogens (tertiary/aromatic N) is 2. The van der Waals surface area contributed by atoms with Crippen molar-refractivity contribution in [3.05, 3.63) is 0 Å². The van der Waals surface area contributed by atoms with E-state index in [1.807, 2.05) is 20.8 Å². The third-order valence-electron chi connectivity index (χ3n) is 2.84. The monoisotopic (exact) mass is 257 g/mol. The molecule has 1 atom stereocenters. The van der Waals surface area contributed by atoms with E-state index < -0.39 is 11.7 Å². The molecule has 0 radical (unpaired) electrons. The molecule has 18 heavy (non-hydrogen) atoms. The molecule has 0 saturated carbocycles. The smallest absolute Gasteiger partial charge is 0.410 e. The van der Waals surface area contributed by atoms with Crippen molar-refractivity contribution in [1.82, 2.24) is 4.90 Å². The molecule has 6 nitrogen and oxygen atoms in total. The fourth-order valence-corrected chi connectivity index (χ4v) is 2.02. The summed E-state index contributed by atoms with van der Waals surface area (Å²) in [5.74, 6) is 0.0720.